The highest BCUT2D eigenvalue weighted by Gasteiger charge is 2.32. The number of carbonyl (C=O) groups excluding carboxylic acids is 1. The highest BCUT2D eigenvalue weighted by atomic mass is 35.5. The third-order valence-corrected chi connectivity index (χ3v) is 5.91. The first-order chi connectivity index (χ1) is 14.0. The number of carbonyl (C=O) groups is 1. The minimum Gasteiger partial charge on any atom is -0.488 e. The SMILES string of the molecule is COCCOc1cnc(C(=O)N2CCc3[nH]c4c(Cl)c(Cl)ccc4c3[C@@H]2C)nc1. The van der Waals surface area contributed by atoms with E-state index in [1.165, 1.54) is 12.4 Å². The van der Waals surface area contributed by atoms with E-state index < -0.39 is 0 Å². The molecule has 0 spiro atoms. The van der Waals surface area contributed by atoms with E-state index in [0.29, 0.717) is 42.0 Å². The van der Waals surface area contributed by atoms with Crippen LogP contribution in [-0.2, 0) is 11.2 Å². The maximum Gasteiger partial charge on any atom is 0.292 e. The van der Waals surface area contributed by atoms with Crippen LogP contribution in [0.1, 0.15) is 34.8 Å². The van der Waals surface area contributed by atoms with Gasteiger partial charge in [0, 0.05) is 36.7 Å². The highest BCUT2D eigenvalue weighted by Crippen LogP contribution is 2.40. The number of methoxy groups -OCH3 is 1. The topological polar surface area (TPSA) is 80.3 Å². The number of hydrogen-bond acceptors (Lipinski definition) is 5. The zero-order valence-corrected chi connectivity index (χ0v) is 17.5. The van der Waals surface area contributed by atoms with Gasteiger partial charge >= 0.3 is 0 Å². The van der Waals surface area contributed by atoms with Gasteiger partial charge in [-0.15, -0.1) is 0 Å². The van der Waals surface area contributed by atoms with Crippen LogP contribution in [0.4, 0.5) is 0 Å². The van der Waals surface area contributed by atoms with Crippen molar-refractivity contribution >= 4 is 40.0 Å². The number of nitrogens with zero attached hydrogens (tertiary/aromatic N) is 3. The van der Waals surface area contributed by atoms with Gasteiger partial charge in [-0.25, -0.2) is 9.97 Å². The van der Waals surface area contributed by atoms with Crippen molar-refractivity contribution in [2.75, 3.05) is 26.9 Å². The number of fused-ring (bicyclic) bond motifs is 3. The van der Waals surface area contributed by atoms with Gasteiger partial charge in [-0.3, -0.25) is 4.79 Å². The van der Waals surface area contributed by atoms with Crippen molar-refractivity contribution in [2.24, 2.45) is 0 Å². The van der Waals surface area contributed by atoms with Gasteiger partial charge in [-0.1, -0.05) is 29.3 Å². The predicted molar refractivity (Wildman–Crippen MR) is 111 cm³/mol. The van der Waals surface area contributed by atoms with Crippen LogP contribution >= 0.6 is 23.2 Å². The highest BCUT2D eigenvalue weighted by molar-refractivity contribution is 6.45. The molecule has 9 heteroatoms. The first-order valence-corrected chi connectivity index (χ1v) is 10.00. The number of benzene rings is 1. The summed E-state index contributed by atoms with van der Waals surface area (Å²) in [4.78, 5) is 26.6. The molecular weight excluding hydrogens is 415 g/mol. The molecule has 1 aliphatic heterocycles. The molecule has 152 valence electrons. The van der Waals surface area contributed by atoms with Crippen LogP contribution in [0.5, 0.6) is 5.75 Å². The fourth-order valence-electron chi connectivity index (χ4n) is 3.68. The van der Waals surface area contributed by atoms with Gasteiger partial charge < -0.3 is 19.4 Å². The van der Waals surface area contributed by atoms with Crippen molar-refractivity contribution in [3.8, 4) is 5.75 Å². The van der Waals surface area contributed by atoms with Crippen LogP contribution in [0.25, 0.3) is 10.9 Å². The van der Waals surface area contributed by atoms with Crippen LogP contribution in [0.3, 0.4) is 0 Å². The Morgan fingerprint density at radius 1 is 1.28 bits per heavy atom. The smallest absolute Gasteiger partial charge is 0.292 e. The molecule has 4 rings (SSSR count). The second kappa shape index (κ2) is 8.18. The number of amides is 1. The van der Waals surface area contributed by atoms with Crippen molar-refractivity contribution in [1.29, 1.82) is 0 Å². The van der Waals surface area contributed by atoms with E-state index in [2.05, 4.69) is 15.0 Å². The van der Waals surface area contributed by atoms with Gasteiger partial charge in [0.05, 0.1) is 40.6 Å². The van der Waals surface area contributed by atoms with Crippen molar-refractivity contribution in [3.05, 3.63) is 51.7 Å². The monoisotopic (exact) mass is 434 g/mol. The Morgan fingerprint density at radius 2 is 2.03 bits per heavy atom. The maximum absolute atomic E-state index is 13.1. The number of aromatic nitrogens is 3. The molecule has 0 radical (unpaired) electrons. The summed E-state index contributed by atoms with van der Waals surface area (Å²) in [5.41, 5.74) is 2.93. The molecule has 3 aromatic rings. The van der Waals surface area contributed by atoms with E-state index in [1.54, 1.807) is 18.1 Å². The molecule has 1 aliphatic rings. The molecule has 1 amide bonds. The van der Waals surface area contributed by atoms with Gasteiger partial charge in [-0.2, -0.15) is 0 Å². The molecule has 1 aromatic carbocycles. The number of nitrogens with one attached hydrogen (secondary N) is 1. The van der Waals surface area contributed by atoms with E-state index in [4.69, 9.17) is 32.7 Å². The molecule has 1 atom stereocenters. The van der Waals surface area contributed by atoms with E-state index in [9.17, 15) is 4.79 Å². The fraction of sp³-hybridized carbons (Fsp3) is 0.350. The molecule has 2 aromatic heterocycles. The second-order valence-corrected chi connectivity index (χ2v) is 7.59. The van der Waals surface area contributed by atoms with Crippen LogP contribution < -0.4 is 4.74 Å². The maximum atomic E-state index is 13.1. The number of aromatic amines is 1. The Labute approximate surface area is 177 Å². The average molecular weight is 435 g/mol. The summed E-state index contributed by atoms with van der Waals surface area (Å²) in [5.74, 6) is 0.414. The first-order valence-electron chi connectivity index (χ1n) is 9.24. The lowest BCUT2D eigenvalue weighted by molar-refractivity contribution is 0.0665. The Morgan fingerprint density at radius 3 is 2.76 bits per heavy atom. The lowest BCUT2D eigenvalue weighted by Crippen LogP contribution is -2.39. The minimum absolute atomic E-state index is 0.139. The molecule has 0 fully saturated rings. The Kier molecular flexibility index (Phi) is 5.63. The molecule has 3 heterocycles. The third-order valence-electron chi connectivity index (χ3n) is 5.11. The number of ether oxygens (including phenoxy) is 2. The Hall–Kier alpha value is -2.35. The third kappa shape index (κ3) is 3.66. The van der Waals surface area contributed by atoms with E-state index in [1.807, 2.05) is 13.0 Å². The van der Waals surface area contributed by atoms with E-state index in [-0.39, 0.29) is 17.8 Å². The molecule has 0 bridgehead atoms. The largest absolute Gasteiger partial charge is 0.488 e. The summed E-state index contributed by atoms with van der Waals surface area (Å²) in [5, 5.41) is 1.97. The molecule has 0 unspecified atom stereocenters. The van der Waals surface area contributed by atoms with E-state index in [0.717, 1.165) is 22.2 Å². The summed E-state index contributed by atoms with van der Waals surface area (Å²) < 4.78 is 10.4. The average Bonchev–Trinajstić information content (AvgIpc) is 3.11. The van der Waals surface area contributed by atoms with Crippen molar-refractivity contribution < 1.29 is 14.3 Å². The number of halogens is 2. The van der Waals surface area contributed by atoms with Gasteiger partial charge in [0.1, 0.15) is 6.61 Å². The zero-order chi connectivity index (χ0) is 20.5. The summed E-state index contributed by atoms with van der Waals surface area (Å²) in [6, 6.07) is 3.56. The molecule has 1 N–H and O–H groups in total. The standard InChI is InChI=1S/C20H20Cl2N4O3/c1-11-16-13-3-4-14(21)17(22)18(13)25-15(16)5-6-26(11)20(27)19-23-9-12(10-24-19)29-8-7-28-2/h3-4,9-11,25H,5-8H2,1-2H3/t11-/m0/s1. The zero-order valence-electron chi connectivity index (χ0n) is 16.0. The lowest BCUT2D eigenvalue weighted by atomic mass is 9.97. The van der Waals surface area contributed by atoms with Crippen molar-refractivity contribution in [1.82, 2.24) is 19.9 Å². The summed E-state index contributed by atoms with van der Waals surface area (Å²) in [6.45, 7) is 3.41. The normalized spacial score (nSPS) is 16.1. The molecule has 29 heavy (non-hydrogen) atoms. The van der Waals surface area contributed by atoms with Crippen LogP contribution in [0, 0.1) is 0 Å². The predicted octanol–water partition coefficient (Wildman–Crippen LogP) is 4.05. The first kappa shape index (κ1) is 19.9. The minimum atomic E-state index is -0.221. The van der Waals surface area contributed by atoms with E-state index >= 15 is 0 Å². The van der Waals surface area contributed by atoms with Gasteiger partial charge in [0.15, 0.2) is 5.75 Å². The second-order valence-electron chi connectivity index (χ2n) is 6.81. The number of hydrogen-bond donors (Lipinski definition) is 1. The van der Waals surface area contributed by atoms with Gasteiger partial charge in [0.25, 0.3) is 5.91 Å². The number of H-pyrrole nitrogens is 1. The van der Waals surface area contributed by atoms with Crippen LogP contribution in [0.2, 0.25) is 10.0 Å². The fourth-order valence-corrected chi connectivity index (χ4v) is 4.05. The lowest BCUT2D eigenvalue weighted by Gasteiger charge is -2.33. The van der Waals surface area contributed by atoms with Crippen molar-refractivity contribution in [3.63, 3.8) is 0 Å². The molecule has 7 nitrogen and oxygen atoms in total. The molecule has 0 saturated heterocycles. The Bertz CT molecular complexity index is 1050. The quantitative estimate of drug-likeness (QED) is 0.612. The Balaban J connectivity index is 1.58. The number of rotatable bonds is 5. The summed E-state index contributed by atoms with van der Waals surface area (Å²) in [6.07, 6.45) is 3.69. The van der Waals surface area contributed by atoms with Crippen molar-refractivity contribution in [2.45, 2.75) is 19.4 Å². The van der Waals surface area contributed by atoms with Gasteiger partial charge in [-0.05, 0) is 13.0 Å². The van der Waals surface area contributed by atoms with Crippen LogP contribution in [-0.4, -0.2) is 52.6 Å². The molecular formula is C20H20Cl2N4O3. The summed E-state index contributed by atoms with van der Waals surface area (Å²) >= 11 is 12.5. The van der Waals surface area contributed by atoms with Crippen LogP contribution in [0.15, 0.2) is 24.5 Å². The van der Waals surface area contributed by atoms with Gasteiger partial charge in [0.2, 0.25) is 5.82 Å². The molecule has 0 aliphatic carbocycles. The molecule has 0 saturated carbocycles. The summed E-state index contributed by atoms with van der Waals surface area (Å²) in [7, 11) is 1.60.